The summed E-state index contributed by atoms with van der Waals surface area (Å²) >= 11 is 1.34. The molecule has 2 aliphatic heterocycles. The fourth-order valence-corrected chi connectivity index (χ4v) is 4.19. The number of hydrogen-bond donors (Lipinski definition) is 0. The fraction of sp³-hybridized carbons (Fsp3) is 0.273. The molecule has 1 amide bonds. The Labute approximate surface area is 179 Å². The third-order valence-electron chi connectivity index (χ3n) is 4.59. The molecular weight excluding hydrogens is 404 g/mol. The zero-order valence-corrected chi connectivity index (χ0v) is 17.8. The molecule has 2 aromatic carbocycles. The lowest BCUT2D eigenvalue weighted by atomic mass is 10.1. The van der Waals surface area contributed by atoms with Gasteiger partial charge in [-0.3, -0.25) is 9.69 Å². The van der Waals surface area contributed by atoms with Gasteiger partial charge in [0.2, 0.25) is 6.79 Å². The Morgan fingerprint density at radius 3 is 2.57 bits per heavy atom. The van der Waals surface area contributed by atoms with Gasteiger partial charge in [0.25, 0.3) is 5.91 Å². The zero-order valence-electron chi connectivity index (χ0n) is 17.0. The minimum Gasteiger partial charge on any atom is -0.496 e. The summed E-state index contributed by atoms with van der Waals surface area (Å²) in [6.07, 6.45) is 1.80. The topological polar surface area (TPSA) is 69.6 Å². The number of amidine groups is 1. The van der Waals surface area contributed by atoms with E-state index in [1.54, 1.807) is 24.2 Å². The summed E-state index contributed by atoms with van der Waals surface area (Å²) in [6, 6.07) is 11.1. The highest BCUT2D eigenvalue weighted by Gasteiger charge is 2.32. The number of thioether (sulfide) groups is 1. The number of likely N-dealkylation sites (N-methyl/N-ethyl adjacent to an activating group) is 1. The van der Waals surface area contributed by atoms with E-state index < -0.39 is 0 Å². The van der Waals surface area contributed by atoms with Crippen LogP contribution in [0, 0.1) is 0 Å². The molecule has 0 atom stereocenters. The van der Waals surface area contributed by atoms with Crippen molar-refractivity contribution >= 4 is 34.6 Å². The van der Waals surface area contributed by atoms with Gasteiger partial charge in [-0.15, -0.1) is 0 Å². The van der Waals surface area contributed by atoms with Crippen LogP contribution >= 0.6 is 11.8 Å². The Balaban J connectivity index is 1.64. The minimum atomic E-state index is -0.0908. The van der Waals surface area contributed by atoms with Crippen LogP contribution in [-0.4, -0.2) is 43.0 Å². The van der Waals surface area contributed by atoms with Crippen LogP contribution in [0.25, 0.3) is 6.08 Å². The van der Waals surface area contributed by atoms with Crippen LogP contribution in [0.1, 0.15) is 19.4 Å². The van der Waals surface area contributed by atoms with Gasteiger partial charge in [-0.2, -0.15) is 0 Å². The van der Waals surface area contributed by atoms with Crippen molar-refractivity contribution in [3.63, 3.8) is 0 Å². The van der Waals surface area contributed by atoms with Gasteiger partial charge >= 0.3 is 0 Å². The smallest absolute Gasteiger partial charge is 0.266 e. The maximum absolute atomic E-state index is 13.0. The van der Waals surface area contributed by atoms with Gasteiger partial charge in [0, 0.05) is 18.2 Å². The number of carbonyl (C=O) groups excluding carboxylic acids is 1. The Morgan fingerprint density at radius 2 is 1.90 bits per heavy atom. The molecule has 0 aromatic heterocycles. The number of hydrogen-bond acceptors (Lipinski definition) is 7. The Bertz CT molecular complexity index is 1020. The lowest BCUT2D eigenvalue weighted by molar-refractivity contribution is -0.122. The van der Waals surface area contributed by atoms with Crippen molar-refractivity contribution in [1.82, 2.24) is 4.90 Å². The molecular formula is C22H22N2O5S. The molecule has 0 spiro atoms. The molecule has 8 heteroatoms. The molecule has 1 saturated heterocycles. The monoisotopic (exact) mass is 426 g/mol. The molecule has 0 saturated carbocycles. The summed E-state index contributed by atoms with van der Waals surface area (Å²) in [5.74, 6) is 2.58. The van der Waals surface area contributed by atoms with Crippen LogP contribution in [0.2, 0.25) is 0 Å². The Kier molecular flexibility index (Phi) is 5.85. The highest BCUT2D eigenvalue weighted by atomic mass is 32.2. The summed E-state index contributed by atoms with van der Waals surface area (Å²) < 4.78 is 21.8. The second-order valence-corrected chi connectivity index (χ2v) is 7.44. The van der Waals surface area contributed by atoms with E-state index in [1.807, 2.05) is 44.2 Å². The molecule has 7 nitrogen and oxygen atoms in total. The molecule has 4 rings (SSSR count). The molecule has 2 heterocycles. The van der Waals surface area contributed by atoms with Gasteiger partial charge in [-0.05, 0) is 62.0 Å². The number of methoxy groups -OCH3 is 1. The largest absolute Gasteiger partial charge is 0.496 e. The lowest BCUT2D eigenvalue weighted by Gasteiger charge is -2.12. The fourth-order valence-electron chi connectivity index (χ4n) is 3.13. The number of amides is 1. The van der Waals surface area contributed by atoms with Crippen LogP contribution in [0.3, 0.4) is 0 Å². The van der Waals surface area contributed by atoms with Gasteiger partial charge in [0.15, 0.2) is 16.7 Å². The van der Waals surface area contributed by atoms with Crippen molar-refractivity contribution in [2.75, 3.05) is 27.1 Å². The van der Waals surface area contributed by atoms with E-state index in [0.717, 1.165) is 17.0 Å². The second-order valence-electron chi connectivity index (χ2n) is 6.43. The van der Waals surface area contributed by atoms with Crippen molar-refractivity contribution in [3.8, 4) is 23.0 Å². The van der Waals surface area contributed by atoms with Gasteiger partial charge in [0.1, 0.15) is 11.5 Å². The molecule has 0 bridgehead atoms. The van der Waals surface area contributed by atoms with Gasteiger partial charge in [0.05, 0.1) is 24.3 Å². The highest BCUT2D eigenvalue weighted by Crippen LogP contribution is 2.41. The quantitative estimate of drug-likeness (QED) is 0.636. The Hall–Kier alpha value is -3.13. The number of benzene rings is 2. The first-order valence-corrected chi connectivity index (χ1v) is 10.4. The molecule has 0 radical (unpaired) electrons. The van der Waals surface area contributed by atoms with Crippen LogP contribution in [0.4, 0.5) is 5.69 Å². The number of nitrogens with zero attached hydrogens (tertiary/aromatic N) is 2. The number of carbonyl (C=O) groups is 1. The number of aliphatic imine (C=N–C) groups is 1. The molecule has 2 aliphatic rings. The van der Waals surface area contributed by atoms with Crippen molar-refractivity contribution in [2.24, 2.45) is 4.99 Å². The number of ether oxygens (including phenoxy) is 4. The molecule has 2 aromatic rings. The summed E-state index contributed by atoms with van der Waals surface area (Å²) in [5, 5.41) is 0.637. The molecule has 0 unspecified atom stereocenters. The molecule has 0 N–H and O–H groups in total. The predicted octanol–water partition coefficient (Wildman–Crippen LogP) is 4.45. The molecule has 1 fully saturated rings. The average molecular weight is 426 g/mol. The van der Waals surface area contributed by atoms with E-state index in [0.29, 0.717) is 40.5 Å². The summed E-state index contributed by atoms with van der Waals surface area (Å²) in [6.45, 7) is 5.18. The average Bonchev–Trinajstić information content (AvgIpc) is 3.32. The maximum Gasteiger partial charge on any atom is 0.266 e. The van der Waals surface area contributed by atoms with Crippen molar-refractivity contribution in [2.45, 2.75) is 13.8 Å². The van der Waals surface area contributed by atoms with Crippen molar-refractivity contribution < 1.29 is 23.7 Å². The van der Waals surface area contributed by atoms with Crippen molar-refractivity contribution in [3.05, 3.63) is 46.9 Å². The molecule has 0 aliphatic carbocycles. The third kappa shape index (κ3) is 3.95. The first-order chi connectivity index (χ1) is 14.6. The maximum atomic E-state index is 13.0. The lowest BCUT2D eigenvalue weighted by Crippen LogP contribution is -2.28. The van der Waals surface area contributed by atoms with Crippen LogP contribution in [0.5, 0.6) is 23.0 Å². The van der Waals surface area contributed by atoms with E-state index in [-0.39, 0.29) is 12.7 Å². The summed E-state index contributed by atoms with van der Waals surface area (Å²) in [5.41, 5.74) is 1.50. The van der Waals surface area contributed by atoms with Gasteiger partial charge in [-0.1, -0.05) is 0 Å². The van der Waals surface area contributed by atoms with E-state index in [2.05, 4.69) is 4.99 Å². The Morgan fingerprint density at radius 1 is 1.17 bits per heavy atom. The van der Waals surface area contributed by atoms with Gasteiger partial charge in [-0.25, -0.2) is 4.99 Å². The van der Waals surface area contributed by atoms with Crippen LogP contribution in [0.15, 0.2) is 46.3 Å². The SMILES string of the molecule is CCOc1ccc(N=C2S/C(=C\c3cc4c(cc3OC)OCO4)C(=O)N2CC)cc1. The highest BCUT2D eigenvalue weighted by molar-refractivity contribution is 8.18. The number of fused-ring (bicyclic) bond motifs is 1. The minimum absolute atomic E-state index is 0.0908. The number of rotatable bonds is 6. The second kappa shape index (κ2) is 8.71. The summed E-state index contributed by atoms with van der Waals surface area (Å²) in [7, 11) is 1.58. The van der Waals surface area contributed by atoms with Gasteiger partial charge < -0.3 is 18.9 Å². The standard InChI is InChI=1S/C22H22N2O5S/c1-4-24-21(25)20(11-14-10-18-19(29-13-28-18)12-17(14)26-3)30-22(24)23-15-6-8-16(9-7-15)27-5-2/h6-12H,4-5,13H2,1-3H3/b20-11-,23-22?. The summed E-state index contributed by atoms with van der Waals surface area (Å²) in [4.78, 5) is 19.8. The van der Waals surface area contributed by atoms with E-state index in [4.69, 9.17) is 18.9 Å². The first kappa shape index (κ1) is 20.2. The normalized spacial score (nSPS) is 17.8. The van der Waals surface area contributed by atoms with E-state index >= 15 is 0 Å². The molecule has 156 valence electrons. The third-order valence-corrected chi connectivity index (χ3v) is 5.59. The predicted molar refractivity (Wildman–Crippen MR) is 117 cm³/mol. The zero-order chi connectivity index (χ0) is 21.1. The van der Waals surface area contributed by atoms with E-state index in [1.165, 1.54) is 11.8 Å². The van der Waals surface area contributed by atoms with Crippen LogP contribution < -0.4 is 18.9 Å². The van der Waals surface area contributed by atoms with Crippen LogP contribution in [-0.2, 0) is 4.79 Å². The van der Waals surface area contributed by atoms with E-state index in [9.17, 15) is 4.79 Å². The first-order valence-electron chi connectivity index (χ1n) is 9.63. The molecule has 30 heavy (non-hydrogen) atoms. The van der Waals surface area contributed by atoms with Crippen molar-refractivity contribution in [1.29, 1.82) is 0 Å².